The van der Waals surface area contributed by atoms with Gasteiger partial charge in [0.2, 0.25) is 5.91 Å². The number of hydrogen-bond donors (Lipinski definition) is 0. The molecule has 1 heterocycles. The van der Waals surface area contributed by atoms with Crippen LogP contribution in [-0.4, -0.2) is 27.6 Å². The van der Waals surface area contributed by atoms with Gasteiger partial charge in [-0.1, -0.05) is 60.1 Å². The van der Waals surface area contributed by atoms with E-state index in [0.717, 1.165) is 22.4 Å². The van der Waals surface area contributed by atoms with Crippen LogP contribution < -0.4 is 0 Å². The summed E-state index contributed by atoms with van der Waals surface area (Å²) in [5.74, 6) is -0.00290. The number of amides is 1. The molecule has 5 heteroatoms. The second-order valence-electron chi connectivity index (χ2n) is 6.85. The van der Waals surface area contributed by atoms with Crippen LogP contribution in [0.25, 0.3) is 0 Å². The predicted octanol–water partition coefficient (Wildman–Crippen LogP) is 4.56. The van der Waals surface area contributed by atoms with Crippen LogP contribution in [0.3, 0.4) is 0 Å². The van der Waals surface area contributed by atoms with E-state index in [1.165, 1.54) is 0 Å². The van der Waals surface area contributed by atoms with Crippen LogP contribution in [0, 0.1) is 6.92 Å². The Morgan fingerprint density at radius 2 is 1.81 bits per heavy atom. The molecule has 140 valence electrons. The second kappa shape index (κ2) is 8.40. The monoisotopic (exact) mass is 381 g/mol. The van der Waals surface area contributed by atoms with E-state index < -0.39 is 0 Å². The van der Waals surface area contributed by atoms with E-state index >= 15 is 0 Å². The highest BCUT2D eigenvalue weighted by molar-refractivity contribution is 6.31. The van der Waals surface area contributed by atoms with Crippen molar-refractivity contribution >= 4 is 17.5 Å². The molecule has 1 amide bonds. The average Bonchev–Trinajstić information content (AvgIpc) is 2.98. The van der Waals surface area contributed by atoms with Crippen molar-refractivity contribution in [2.24, 2.45) is 7.05 Å². The maximum Gasteiger partial charge on any atom is 0.223 e. The van der Waals surface area contributed by atoms with Gasteiger partial charge < -0.3 is 4.90 Å². The van der Waals surface area contributed by atoms with Crippen molar-refractivity contribution in [3.8, 4) is 0 Å². The molecular weight excluding hydrogens is 358 g/mol. The Bertz CT molecular complexity index is 920. The number of halogens is 1. The van der Waals surface area contributed by atoms with Crippen LogP contribution in [0.5, 0.6) is 0 Å². The maximum absolute atomic E-state index is 13.0. The Kier molecular flexibility index (Phi) is 5.97. The number of aromatic nitrogens is 2. The molecule has 1 atom stereocenters. The van der Waals surface area contributed by atoms with E-state index in [1.54, 1.807) is 9.58 Å². The van der Waals surface area contributed by atoms with Crippen LogP contribution in [0.1, 0.15) is 34.7 Å². The average molecular weight is 382 g/mol. The summed E-state index contributed by atoms with van der Waals surface area (Å²) in [6.07, 6.45) is 2.32. The number of benzene rings is 2. The van der Waals surface area contributed by atoms with Crippen molar-refractivity contribution in [1.29, 1.82) is 0 Å². The number of aryl methyl sites for hydroxylation is 2. The zero-order valence-electron chi connectivity index (χ0n) is 15.9. The van der Waals surface area contributed by atoms with Crippen LogP contribution in [0.15, 0.2) is 60.8 Å². The molecule has 0 aliphatic carbocycles. The van der Waals surface area contributed by atoms with E-state index in [1.807, 2.05) is 81.8 Å². The lowest BCUT2D eigenvalue weighted by Gasteiger charge is -2.23. The van der Waals surface area contributed by atoms with E-state index in [0.29, 0.717) is 18.0 Å². The minimum Gasteiger partial charge on any atom is -0.341 e. The van der Waals surface area contributed by atoms with E-state index in [-0.39, 0.29) is 11.8 Å². The Balaban J connectivity index is 1.82. The fourth-order valence-corrected chi connectivity index (χ4v) is 3.60. The standard InChI is InChI=1S/C22H24ClN3O/c1-16-18(15-26(3)24-16)14-25(2)22(27)13-20(17-9-5-4-6-10-17)19-11-7-8-12-21(19)23/h4-12,15,20H,13-14H2,1-3H3/t20-/m0/s1. The molecule has 0 aliphatic heterocycles. The third-order valence-electron chi connectivity index (χ3n) is 4.81. The van der Waals surface area contributed by atoms with Gasteiger partial charge in [-0.05, 0) is 24.1 Å². The molecule has 0 N–H and O–H groups in total. The van der Waals surface area contributed by atoms with E-state index in [4.69, 9.17) is 11.6 Å². The topological polar surface area (TPSA) is 38.1 Å². The fraction of sp³-hybridized carbons (Fsp3) is 0.273. The van der Waals surface area contributed by atoms with Crippen molar-refractivity contribution in [3.05, 3.63) is 88.2 Å². The Morgan fingerprint density at radius 1 is 1.15 bits per heavy atom. The summed E-state index contributed by atoms with van der Waals surface area (Å²) in [5.41, 5.74) is 4.07. The smallest absolute Gasteiger partial charge is 0.223 e. The SMILES string of the molecule is Cc1nn(C)cc1CN(C)C(=O)C[C@@H](c1ccccc1)c1ccccc1Cl. The van der Waals surface area contributed by atoms with Crippen molar-refractivity contribution in [1.82, 2.24) is 14.7 Å². The van der Waals surface area contributed by atoms with Gasteiger partial charge >= 0.3 is 0 Å². The molecule has 1 aromatic heterocycles. The lowest BCUT2D eigenvalue weighted by atomic mass is 9.88. The molecule has 0 aliphatic rings. The molecular formula is C22H24ClN3O. The lowest BCUT2D eigenvalue weighted by molar-refractivity contribution is -0.130. The van der Waals surface area contributed by atoms with E-state index in [2.05, 4.69) is 5.10 Å². The predicted molar refractivity (Wildman–Crippen MR) is 109 cm³/mol. The molecule has 4 nitrogen and oxygen atoms in total. The quantitative estimate of drug-likeness (QED) is 0.627. The van der Waals surface area contributed by atoms with Gasteiger partial charge in [0.25, 0.3) is 0 Å². The Labute approximate surface area is 165 Å². The van der Waals surface area contributed by atoms with Gasteiger partial charge in [-0.25, -0.2) is 0 Å². The molecule has 2 aromatic carbocycles. The number of nitrogens with zero attached hydrogens (tertiary/aromatic N) is 3. The van der Waals surface area contributed by atoms with Gasteiger partial charge in [0, 0.05) is 49.8 Å². The second-order valence-corrected chi connectivity index (χ2v) is 7.26. The third kappa shape index (κ3) is 4.58. The maximum atomic E-state index is 13.0. The first-order valence-electron chi connectivity index (χ1n) is 8.98. The zero-order valence-corrected chi connectivity index (χ0v) is 16.6. The minimum absolute atomic E-state index is 0.0759. The molecule has 0 radical (unpaired) electrons. The Hall–Kier alpha value is -2.59. The first-order chi connectivity index (χ1) is 13.0. The summed E-state index contributed by atoms with van der Waals surface area (Å²) in [4.78, 5) is 14.8. The van der Waals surface area contributed by atoms with Crippen LogP contribution in [0.4, 0.5) is 0 Å². The molecule has 0 saturated heterocycles. The molecule has 0 bridgehead atoms. The summed E-state index contributed by atoms with van der Waals surface area (Å²) in [6, 6.07) is 17.8. The third-order valence-corrected chi connectivity index (χ3v) is 5.15. The van der Waals surface area contributed by atoms with Gasteiger partial charge in [-0.15, -0.1) is 0 Å². The molecule has 27 heavy (non-hydrogen) atoms. The first-order valence-corrected chi connectivity index (χ1v) is 9.36. The number of hydrogen-bond acceptors (Lipinski definition) is 2. The highest BCUT2D eigenvalue weighted by Crippen LogP contribution is 2.33. The molecule has 0 saturated carbocycles. The fourth-order valence-electron chi connectivity index (χ4n) is 3.33. The normalized spacial score (nSPS) is 12.0. The molecule has 0 fully saturated rings. The van der Waals surface area contributed by atoms with Gasteiger partial charge in [-0.2, -0.15) is 5.10 Å². The van der Waals surface area contributed by atoms with Crippen molar-refractivity contribution in [3.63, 3.8) is 0 Å². The van der Waals surface area contributed by atoms with Crippen LogP contribution in [-0.2, 0) is 18.4 Å². The summed E-state index contributed by atoms with van der Waals surface area (Å²) in [6.45, 7) is 2.51. The number of carbonyl (C=O) groups is 1. The Morgan fingerprint density at radius 3 is 2.44 bits per heavy atom. The van der Waals surface area contributed by atoms with Gasteiger partial charge in [0.1, 0.15) is 0 Å². The number of rotatable bonds is 6. The van der Waals surface area contributed by atoms with Gasteiger partial charge in [0.05, 0.1) is 5.69 Å². The summed E-state index contributed by atoms with van der Waals surface area (Å²) >= 11 is 6.45. The largest absolute Gasteiger partial charge is 0.341 e. The van der Waals surface area contributed by atoms with Gasteiger partial charge in [0.15, 0.2) is 0 Å². The molecule has 3 aromatic rings. The zero-order chi connectivity index (χ0) is 19.4. The highest BCUT2D eigenvalue weighted by atomic mass is 35.5. The summed E-state index contributed by atoms with van der Waals surface area (Å²) in [5, 5.41) is 5.04. The molecule has 3 rings (SSSR count). The molecule has 0 spiro atoms. The molecule has 0 unspecified atom stereocenters. The van der Waals surface area contributed by atoms with Crippen molar-refractivity contribution in [2.75, 3.05) is 7.05 Å². The van der Waals surface area contributed by atoms with Crippen LogP contribution in [0.2, 0.25) is 5.02 Å². The van der Waals surface area contributed by atoms with Crippen LogP contribution >= 0.6 is 11.6 Å². The highest BCUT2D eigenvalue weighted by Gasteiger charge is 2.22. The number of carbonyl (C=O) groups excluding carboxylic acids is 1. The minimum atomic E-state index is -0.0788. The van der Waals surface area contributed by atoms with Gasteiger partial charge in [-0.3, -0.25) is 9.48 Å². The first kappa shape index (κ1) is 19.2. The summed E-state index contributed by atoms with van der Waals surface area (Å²) < 4.78 is 1.78. The van der Waals surface area contributed by atoms with Crippen molar-refractivity contribution in [2.45, 2.75) is 25.8 Å². The summed E-state index contributed by atoms with van der Waals surface area (Å²) in [7, 11) is 3.73. The lowest BCUT2D eigenvalue weighted by Crippen LogP contribution is -2.28. The van der Waals surface area contributed by atoms with Crippen molar-refractivity contribution < 1.29 is 4.79 Å². The van der Waals surface area contributed by atoms with E-state index in [9.17, 15) is 4.79 Å².